The summed E-state index contributed by atoms with van der Waals surface area (Å²) in [5.41, 5.74) is 1.61. The van der Waals surface area contributed by atoms with Gasteiger partial charge in [0.25, 0.3) is 0 Å². The Morgan fingerprint density at radius 1 is 1.56 bits per heavy atom. The van der Waals surface area contributed by atoms with Crippen LogP contribution in [-0.4, -0.2) is 22.8 Å². The number of nitrogens with zero attached hydrogens (tertiary/aromatic N) is 1. The summed E-state index contributed by atoms with van der Waals surface area (Å²) < 4.78 is 20.7. The molecule has 86 valence electrons. The smallest absolute Gasteiger partial charge is 0.178 e. The van der Waals surface area contributed by atoms with Crippen LogP contribution in [0.5, 0.6) is 0 Å². The second-order valence-electron chi connectivity index (χ2n) is 3.75. The summed E-state index contributed by atoms with van der Waals surface area (Å²) in [6.45, 7) is 2.62. The van der Waals surface area contributed by atoms with Gasteiger partial charge in [0.2, 0.25) is 0 Å². The van der Waals surface area contributed by atoms with Gasteiger partial charge in [0, 0.05) is 7.11 Å². The molecule has 1 N–H and O–H groups in total. The van der Waals surface area contributed by atoms with Crippen molar-refractivity contribution in [2.75, 3.05) is 7.11 Å². The first-order chi connectivity index (χ1) is 7.61. The molecule has 0 bridgehead atoms. The Labute approximate surface area is 97.8 Å². The van der Waals surface area contributed by atoms with Crippen molar-refractivity contribution in [2.45, 2.75) is 19.6 Å². The second-order valence-corrected chi connectivity index (χ2v) is 4.14. The first-order valence-corrected chi connectivity index (χ1v) is 5.43. The lowest BCUT2D eigenvalue weighted by Crippen LogP contribution is -2.14. The average molecular weight is 240 g/mol. The van der Waals surface area contributed by atoms with Gasteiger partial charge < -0.3 is 14.3 Å². The minimum atomic E-state index is -0.268. The lowest BCUT2D eigenvalue weighted by Gasteiger charge is -2.10. The van der Waals surface area contributed by atoms with Crippen LogP contribution in [0.15, 0.2) is 18.2 Å². The lowest BCUT2D eigenvalue weighted by molar-refractivity contribution is 0.104. The molecule has 0 radical (unpaired) electrons. The number of H-pyrrole nitrogens is 1. The Kier molecular flexibility index (Phi) is 3.07. The number of hydrogen-bond acceptors (Lipinski definition) is 2. The van der Waals surface area contributed by atoms with E-state index in [4.69, 9.17) is 17.0 Å². The number of benzene rings is 1. The van der Waals surface area contributed by atoms with Gasteiger partial charge >= 0.3 is 0 Å². The molecule has 0 aliphatic carbocycles. The summed E-state index contributed by atoms with van der Waals surface area (Å²) >= 11 is 5.19. The third-order valence-corrected chi connectivity index (χ3v) is 2.90. The fourth-order valence-corrected chi connectivity index (χ4v) is 1.93. The number of aromatic amines is 1. The Morgan fingerprint density at radius 2 is 2.31 bits per heavy atom. The maximum absolute atomic E-state index is 13.0. The average Bonchev–Trinajstić information content (AvgIpc) is 2.54. The summed E-state index contributed by atoms with van der Waals surface area (Å²) in [4.78, 5) is 2.98. The zero-order valence-corrected chi connectivity index (χ0v) is 9.97. The van der Waals surface area contributed by atoms with Crippen molar-refractivity contribution in [1.82, 2.24) is 9.55 Å². The number of ether oxygens (including phenoxy) is 1. The van der Waals surface area contributed by atoms with Gasteiger partial charge in [0.15, 0.2) is 4.77 Å². The second kappa shape index (κ2) is 4.35. The predicted octanol–water partition coefficient (Wildman–Crippen LogP) is 2.87. The Bertz CT molecular complexity index is 561. The van der Waals surface area contributed by atoms with Crippen LogP contribution >= 0.6 is 12.2 Å². The van der Waals surface area contributed by atoms with Crippen LogP contribution in [-0.2, 0) is 11.3 Å². The molecule has 0 spiro atoms. The number of methoxy groups -OCH3 is 1. The third kappa shape index (κ3) is 2.01. The molecule has 0 aliphatic rings. The van der Waals surface area contributed by atoms with Gasteiger partial charge in [-0.2, -0.15) is 0 Å². The molecule has 1 unspecified atom stereocenters. The van der Waals surface area contributed by atoms with Crippen molar-refractivity contribution >= 4 is 23.3 Å². The molecule has 3 nitrogen and oxygen atoms in total. The fraction of sp³-hybridized carbons (Fsp3) is 0.364. The number of nitrogens with one attached hydrogen (secondary N) is 1. The minimum Gasteiger partial charge on any atom is -0.380 e. The molecule has 0 saturated heterocycles. The molecule has 1 aromatic carbocycles. The van der Waals surface area contributed by atoms with Gasteiger partial charge in [-0.05, 0) is 37.3 Å². The van der Waals surface area contributed by atoms with E-state index >= 15 is 0 Å². The number of aromatic nitrogens is 2. The van der Waals surface area contributed by atoms with Crippen LogP contribution in [0.4, 0.5) is 4.39 Å². The highest BCUT2D eigenvalue weighted by atomic mass is 32.1. The van der Waals surface area contributed by atoms with Gasteiger partial charge in [-0.3, -0.25) is 0 Å². The number of halogens is 1. The van der Waals surface area contributed by atoms with E-state index in [0.717, 1.165) is 5.52 Å². The van der Waals surface area contributed by atoms with Gasteiger partial charge in [-0.25, -0.2) is 4.39 Å². The molecule has 2 aromatic rings. The highest BCUT2D eigenvalue weighted by Crippen LogP contribution is 2.16. The van der Waals surface area contributed by atoms with Crippen molar-refractivity contribution in [1.29, 1.82) is 0 Å². The van der Waals surface area contributed by atoms with E-state index in [1.807, 2.05) is 11.5 Å². The molecule has 16 heavy (non-hydrogen) atoms. The van der Waals surface area contributed by atoms with Crippen LogP contribution in [0.2, 0.25) is 0 Å². The highest BCUT2D eigenvalue weighted by Gasteiger charge is 2.08. The summed E-state index contributed by atoms with van der Waals surface area (Å²) in [5, 5.41) is 0. The normalized spacial score (nSPS) is 13.2. The molecule has 0 fully saturated rings. The van der Waals surface area contributed by atoms with E-state index in [0.29, 0.717) is 16.8 Å². The number of rotatable bonds is 3. The van der Waals surface area contributed by atoms with Crippen molar-refractivity contribution in [3.63, 3.8) is 0 Å². The zero-order chi connectivity index (χ0) is 11.7. The molecule has 5 heteroatoms. The standard InChI is InChI=1S/C11H13FN2OS/c1-7(15-2)6-14-10-4-3-8(12)5-9(10)13-11(14)16/h3-5,7H,6H2,1-2H3,(H,13,16). The van der Waals surface area contributed by atoms with Crippen LogP contribution in [0.3, 0.4) is 0 Å². The molecule has 1 aromatic heterocycles. The quantitative estimate of drug-likeness (QED) is 0.836. The minimum absolute atomic E-state index is 0.0655. The maximum Gasteiger partial charge on any atom is 0.178 e. The molecule has 0 amide bonds. The molecule has 2 rings (SSSR count). The van der Waals surface area contributed by atoms with E-state index in [2.05, 4.69) is 4.98 Å². The summed E-state index contributed by atoms with van der Waals surface area (Å²) in [5.74, 6) is -0.268. The lowest BCUT2D eigenvalue weighted by atomic mass is 10.3. The summed E-state index contributed by atoms with van der Waals surface area (Å²) in [6, 6.07) is 4.59. The number of fused-ring (bicyclic) bond motifs is 1. The topological polar surface area (TPSA) is 29.9 Å². The van der Waals surface area contributed by atoms with Crippen molar-refractivity contribution in [2.24, 2.45) is 0 Å². The van der Waals surface area contributed by atoms with Gasteiger partial charge in [-0.1, -0.05) is 0 Å². The van der Waals surface area contributed by atoms with Crippen molar-refractivity contribution in [3.8, 4) is 0 Å². The van der Waals surface area contributed by atoms with E-state index in [-0.39, 0.29) is 11.9 Å². The van der Waals surface area contributed by atoms with Crippen LogP contribution in [0, 0.1) is 10.6 Å². The van der Waals surface area contributed by atoms with Gasteiger partial charge in [0.05, 0.1) is 23.7 Å². The summed E-state index contributed by atoms with van der Waals surface area (Å²) in [6.07, 6.45) is 0.0655. The van der Waals surface area contributed by atoms with E-state index in [1.165, 1.54) is 12.1 Å². The molecular weight excluding hydrogens is 227 g/mol. The molecule has 1 heterocycles. The van der Waals surface area contributed by atoms with E-state index in [9.17, 15) is 4.39 Å². The van der Waals surface area contributed by atoms with Crippen molar-refractivity contribution < 1.29 is 9.13 Å². The first kappa shape index (κ1) is 11.3. The number of imidazole rings is 1. The fourth-order valence-electron chi connectivity index (χ4n) is 1.65. The molecule has 0 aliphatic heterocycles. The number of hydrogen-bond donors (Lipinski definition) is 1. The molecule has 1 atom stereocenters. The Hall–Kier alpha value is -1.20. The Balaban J connectivity index is 2.52. The molecular formula is C11H13FN2OS. The van der Waals surface area contributed by atoms with Gasteiger partial charge in [-0.15, -0.1) is 0 Å². The van der Waals surface area contributed by atoms with Crippen LogP contribution in [0.1, 0.15) is 6.92 Å². The third-order valence-electron chi connectivity index (χ3n) is 2.58. The first-order valence-electron chi connectivity index (χ1n) is 5.02. The maximum atomic E-state index is 13.0. The van der Waals surface area contributed by atoms with Crippen LogP contribution in [0.25, 0.3) is 11.0 Å². The molecule has 0 saturated carbocycles. The van der Waals surface area contributed by atoms with Gasteiger partial charge in [0.1, 0.15) is 5.82 Å². The monoisotopic (exact) mass is 240 g/mol. The largest absolute Gasteiger partial charge is 0.380 e. The summed E-state index contributed by atoms with van der Waals surface area (Å²) in [7, 11) is 1.66. The SMILES string of the molecule is COC(C)Cn1c(=S)[nH]c2cc(F)ccc21. The van der Waals surface area contributed by atoms with Crippen LogP contribution < -0.4 is 0 Å². The van der Waals surface area contributed by atoms with E-state index < -0.39 is 0 Å². The van der Waals surface area contributed by atoms with E-state index in [1.54, 1.807) is 13.2 Å². The predicted molar refractivity (Wildman–Crippen MR) is 63.6 cm³/mol. The zero-order valence-electron chi connectivity index (χ0n) is 9.16. The highest BCUT2D eigenvalue weighted by molar-refractivity contribution is 7.71. The van der Waals surface area contributed by atoms with Crippen molar-refractivity contribution in [3.05, 3.63) is 28.8 Å². The Morgan fingerprint density at radius 3 is 3.00 bits per heavy atom.